The van der Waals surface area contributed by atoms with Crippen molar-refractivity contribution >= 4 is 10.0 Å². The molecule has 0 radical (unpaired) electrons. The topological polar surface area (TPSA) is 75.4 Å². The fourth-order valence-corrected chi connectivity index (χ4v) is 4.85. The van der Waals surface area contributed by atoms with E-state index in [1.807, 2.05) is 6.92 Å². The van der Waals surface area contributed by atoms with Gasteiger partial charge in [0.15, 0.2) is 0 Å². The van der Waals surface area contributed by atoms with Gasteiger partial charge in [-0.25, -0.2) is 8.42 Å². The summed E-state index contributed by atoms with van der Waals surface area (Å²) in [6, 6.07) is 0. The molecule has 22 heavy (non-hydrogen) atoms. The Labute approximate surface area is 132 Å². The molecule has 0 unspecified atom stereocenters. The van der Waals surface area contributed by atoms with E-state index in [-0.39, 0.29) is 11.5 Å². The largest absolute Gasteiger partial charge is 0.396 e. The molecule has 1 aromatic rings. The van der Waals surface area contributed by atoms with Gasteiger partial charge in [0.2, 0.25) is 10.0 Å². The van der Waals surface area contributed by atoms with Crippen LogP contribution >= 0.6 is 0 Å². The molecule has 1 aliphatic rings. The molecule has 0 aliphatic carbocycles. The molecule has 7 heteroatoms. The van der Waals surface area contributed by atoms with Gasteiger partial charge in [-0.05, 0) is 33.1 Å². The Hall–Kier alpha value is -1.18. The summed E-state index contributed by atoms with van der Waals surface area (Å²) in [5.41, 5.74) is 0.104. The van der Waals surface area contributed by atoms with Crippen molar-refractivity contribution < 1.29 is 13.5 Å². The minimum atomic E-state index is -3.58. The average Bonchev–Trinajstić information content (AvgIpc) is 2.89. The summed E-state index contributed by atoms with van der Waals surface area (Å²) in [6.45, 7) is 8.78. The highest BCUT2D eigenvalue weighted by Gasteiger charge is 2.39. The van der Waals surface area contributed by atoms with Gasteiger partial charge in [0.05, 0.1) is 12.3 Å². The van der Waals surface area contributed by atoms with Crippen LogP contribution in [0.3, 0.4) is 0 Å². The van der Waals surface area contributed by atoms with Crippen LogP contribution in [-0.4, -0.2) is 47.3 Å². The average molecular weight is 327 g/mol. The molecular formula is C15H25N3O3S. The molecule has 0 aromatic carbocycles. The quantitative estimate of drug-likeness (QED) is 0.805. The van der Waals surface area contributed by atoms with E-state index in [0.717, 1.165) is 12.8 Å². The first kappa shape index (κ1) is 17.2. The van der Waals surface area contributed by atoms with E-state index >= 15 is 0 Å². The van der Waals surface area contributed by atoms with Gasteiger partial charge in [0.25, 0.3) is 0 Å². The van der Waals surface area contributed by atoms with Crippen LogP contribution in [0.1, 0.15) is 31.9 Å². The van der Waals surface area contributed by atoms with Crippen LogP contribution in [0.15, 0.2) is 23.7 Å². The standard InChI is InChI=1S/C15H25N3O3S/c1-4-7-15(12-19)8-6-9-18(11-15)22(20,21)14-10-17(5-2)16-13(14)3/h4,10,19H,1,5-9,11-12H2,2-3H3/t15-/m1/s1. The molecule has 6 nitrogen and oxygen atoms in total. The number of hydrogen-bond acceptors (Lipinski definition) is 4. The molecule has 0 bridgehead atoms. The second kappa shape index (κ2) is 6.52. The number of aliphatic hydroxyl groups excluding tert-OH is 1. The molecule has 0 saturated carbocycles. The van der Waals surface area contributed by atoms with Crippen LogP contribution in [0.25, 0.3) is 0 Å². The van der Waals surface area contributed by atoms with Crippen LogP contribution in [0, 0.1) is 12.3 Å². The van der Waals surface area contributed by atoms with Gasteiger partial charge in [0.1, 0.15) is 4.90 Å². The zero-order chi connectivity index (χ0) is 16.4. The van der Waals surface area contributed by atoms with Gasteiger partial charge in [-0.2, -0.15) is 9.40 Å². The first-order valence-corrected chi connectivity index (χ1v) is 9.08. The van der Waals surface area contributed by atoms with E-state index in [0.29, 0.717) is 31.7 Å². The van der Waals surface area contributed by atoms with E-state index in [4.69, 9.17) is 0 Å². The van der Waals surface area contributed by atoms with E-state index in [1.54, 1.807) is 23.9 Å². The van der Waals surface area contributed by atoms with Gasteiger partial charge < -0.3 is 5.11 Å². The summed E-state index contributed by atoms with van der Waals surface area (Å²) in [5, 5.41) is 14.0. The minimum Gasteiger partial charge on any atom is -0.396 e. The third kappa shape index (κ3) is 3.11. The van der Waals surface area contributed by atoms with E-state index in [9.17, 15) is 13.5 Å². The van der Waals surface area contributed by atoms with Crippen LogP contribution < -0.4 is 0 Å². The summed E-state index contributed by atoms with van der Waals surface area (Å²) < 4.78 is 28.9. The number of aromatic nitrogens is 2. The normalized spacial score (nSPS) is 23.6. The molecule has 1 aliphatic heterocycles. The monoisotopic (exact) mass is 327 g/mol. The molecule has 1 atom stereocenters. The number of aliphatic hydroxyl groups is 1. The summed E-state index contributed by atoms with van der Waals surface area (Å²) in [4.78, 5) is 0.265. The lowest BCUT2D eigenvalue weighted by Gasteiger charge is -2.40. The molecule has 2 heterocycles. The second-order valence-corrected chi connectivity index (χ2v) is 7.93. The lowest BCUT2D eigenvalue weighted by molar-refractivity contribution is 0.0669. The zero-order valence-electron chi connectivity index (χ0n) is 13.3. The van der Waals surface area contributed by atoms with E-state index in [2.05, 4.69) is 11.7 Å². The Kier molecular flexibility index (Phi) is 5.09. The molecule has 1 fully saturated rings. The predicted molar refractivity (Wildman–Crippen MR) is 85.0 cm³/mol. The first-order chi connectivity index (χ1) is 10.4. The Bertz CT molecular complexity index is 638. The fraction of sp³-hybridized carbons (Fsp3) is 0.667. The van der Waals surface area contributed by atoms with E-state index < -0.39 is 15.4 Å². The minimum absolute atomic E-state index is 0.0295. The summed E-state index contributed by atoms with van der Waals surface area (Å²) in [7, 11) is -3.58. The molecular weight excluding hydrogens is 302 g/mol. The number of hydrogen-bond donors (Lipinski definition) is 1. The maximum atomic E-state index is 12.9. The highest BCUT2D eigenvalue weighted by molar-refractivity contribution is 7.89. The van der Waals surface area contributed by atoms with Gasteiger partial charge in [-0.1, -0.05) is 6.08 Å². The van der Waals surface area contributed by atoms with Crippen LogP contribution in [0.5, 0.6) is 0 Å². The number of aryl methyl sites for hydroxylation is 2. The van der Waals surface area contributed by atoms with Crippen molar-refractivity contribution in [1.82, 2.24) is 14.1 Å². The summed E-state index contributed by atoms with van der Waals surface area (Å²) in [6.07, 6.45) is 5.52. The van der Waals surface area contributed by atoms with Crippen molar-refractivity contribution in [3.8, 4) is 0 Å². The number of sulfonamides is 1. The number of rotatable bonds is 6. The Morgan fingerprint density at radius 2 is 2.27 bits per heavy atom. The lowest BCUT2D eigenvalue weighted by Crippen LogP contribution is -2.47. The highest BCUT2D eigenvalue weighted by Crippen LogP contribution is 2.36. The molecule has 0 spiro atoms. The number of nitrogens with zero attached hydrogens (tertiary/aromatic N) is 3. The van der Waals surface area contributed by atoms with Crippen LogP contribution in [-0.2, 0) is 16.6 Å². The van der Waals surface area contributed by atoms with Crippen molar-refractivity contribution in [2.45, 2.75) is 44.6 Å². The van der Waals surface area contributed by atoms with Gasteiger partial charge >= 0.3 is 0 Å². The molecule has 124 valence electrons. The summed E-state index contributed by atoms with van der Waals surface area (Å²) >= 11 is 0. The van der Waals surface area contributed by atoms with Gasteiger partial charge in [0, 0.05) is 31.2 Å². The molecule has 1 saturated heterocycles. The Balaban J connectivity index is 2.32. The lowest BCUT2D eigenvalue weighted by atomic mass is 9.79. The second-order valence-electron chi connectivity index (χ2n) is 6.03. The highest BCUT2D eigenvalue weighted by atomic mass is 32.2. The predicted octanol–water partition coefficient (Wildman–Crippen LogP) is 1.55. The van der Waals surface area contributed by atoms with Gasteiger partial charge in [-0.15, -0.1) is 6.58 Å². The Morgan fingerprint density at radius 1 is 1.55 bits per heavy atom. The molecule has 0 amide bonds. The van der Waals surface area contributed by atoms with E-state index in [1.165, 1.54) is 4.31 Å². The van der Waals surface area contributed by atoms with Crippen molar-refractivity contribution in [2.24, 2.45) is 5.41 Å². The molecule has 2 rings (SSSR count). The van der Waals surface area contributed by atoms with Gasteiger partial charge in [-0.3, -0.25) is 4.68 Å². The fourth-order valence-electron chi connectivity index (χ4n) is 3.09. The van der Waals surface area contributed by atoms with Crippen molar-refractivity contribution in [1.29, 1.82) is 0 Å². The maximum Gasteiger partial charge on any atom is 0.246 e. The summed E-state index contributed by atoms with van der Waals surface area (Å²) in [5.74, 6) is 0. The third-order valence-corrected chi connectivity index (χ3v) is 6.33. The maximum absolute atomic E-state index is 12.9. The zero-order valence-corrected chi connectivity index (χ0v) is 14.1. The molecule has 1 aromatic heterocycles. The number of allylic oxidation sites excluding steroid dienone is 1. The number of piperidine rings is 1. The third-order valence-electron chi connectivity index (χ3n) is 4.38. The van der Waals surface area contributed by atoms with Crippen LogP contribution in [0.4, 0.5) is 0 Å². The van der Waals surface area contributed by atoms with Crippen molar-refractivity contribution in [3.05, 3.63) is 24.5 Å². The van der Waals surface area contributed by atoms with Crippen molar-refractivity contribution in [2.75, 3.05) is 19.7 Å². The smallest absolute Gasteiger partial charge is 0.246 e. The van der Waals surface area contributed by atoms with Crippen LogP contribution in [0.2, 0.25) is 0 Å². The first-order valence-electron chi connectivity index (χ1n) is 7.64. The molecule has 1 N–H and O–H groups in total. The Morgan fingerprint density at radius 3 is 2.82 bits per heavy atom. The van der Waals surface area contributed by atoms with Crippen molar-refractivity contribution in [3.63, 3.8) is 0 Å². The SMILES string of the molecule is C=CC[C@@]1(CO)CCCN(S(=O)(=O)c2cn(CC)nc2C)C1.